The minimum atomic E-state index is -1.18. The number of carboxylic acid groups (broad SMARTS) is 1. The van der Waals surface area contributed by atoms with Crippen LogP contribution in [0.1, 0.15) is 44.0 Å². The van der Waals surface area contributed by atoms with Crippen molar-refractivity contribution in [1.82, 2.24) is 5.32 Å². The molecule has 0 saturated heterocycles. The van der Waals surface area contributed by atoms with Gasteiger partial charge in [0.25, 0.3) is 0 Å². The fourth-order valence-electron chi connectivity index (χ4n) is 2.06. The summed E-state index contributed by atoms with van der Waals surface area (Å²) < 4.78 is 0. The van der Waals surface area contributed by atoms with Crippen molar-refractivity contribution in [2.75, 3.05) is 5.32 Å². The van der Waals surface area contributed by atoms with Gasteiger partial charge in [-0.05, 0) is 31.4 Å². The van der Waals surface area contributed by atoms with E-state index in [4.69, 9.17) is 16.7 Å². The number of rotatable bonds is 6. The highest BCUT2D eigenvalue weighted by Gasteiger charge is 2.17. The summed E-state index contributed by atoms with van der Waals surface area (Å²) in [5.41, 5.74) is 0.0761. The van der Waals surface area contributed by atoms with Crippen LogP contribution in [0.5, 0.6) is 0 Å². The highest BCUT2D eigenvalue weighted by Crippen LogP contribution is 2.24. The van der Waals surface area contributed by atoms with Crippen LogP contribution in [-0.2, 0) is 0 Å². The molecule has 3 N–H and O–H groups in total. The Balaban J connectivity index is 2.71. The maximum Gasteiger partial charge on any atom is 0.339 e. The van der Waals surface area contributed by atoms with Gasteiger partial charge in [-0.25, -0.2) is 9.59 Å². The van der Waals surface area contributed by atoms with Gasteiger partial charge >= 0.3 is 12.0 Å². The summed E-state index contributed by atoms with van der Waals surface area (Å²) in [6, 6.07) is 4.14. The third kappa shape index (κ3) is 5.27. The van der Waals surface area contributed by atoms with E-state index in [9.17, 15) is 9.59 Å². The van der Waals surface area contributed by atoms with E-state index in [1.165, 1.54) is 12.1 Å². The van der Waals surface area contributed by atoms with Crippen molar-refractivity contribution in [3.8, 4) is 0 Å². The maximum absolute atomic E-state index is 11.9. The van der Waals surface area contributed by atoms with Crippen LogP contribution in [0.2, 0.25) is 5.02 Å². The molecule has 0 aromatic heterocycles. The topological polar surface area (TPSA) is 78.4 Å². The summed E-state index contributed by atoms with van der Waals surface area (Å²) in [6.45, 7) is 6.14. The van der Waals surface area contributed by atoms with E-state index in [2.05, 4.69) is 24.5 Å². The zero-order chi connectivity index (χ0) is 16.0. The first kappa shape index (κ1) is 17.3. The second-order valence-electron chi connectivity index (χ2n) is 5.22. The van der Waals surface area contributed by atoms with Crippen molar-refractivity contribution in [3.63, 3.8) is 0 Å². The van der Waals surface area contributed by atoms with Gasteiger partial charge in [0.05, 0.1) is 10.7 Å². The predicted molar refractivity (Wildman–Crippen MR) is 84.1 cm³/mol. The molecule has 5 nitrogen and oxygen atoms in total. The lowest BCUT2D eigenvalue weighted by atomic mass is 10.0. The van der Waals surface area contributed by atoms with Crippen LogP contribution < -0.4 is 10.6 Å². The molecule has 116 valence electrons. The Morgan fingerprint density at radius 2 is 2.00 bits per heavy atom. The van der Waals surface area contributed by atoms with Crippen molar-refractivity contribution < 1.29 is 14.7 Å². The Morgan fingerprint density at radius 1 is 1.33 bits per heavy atom. The third-order valence-corrected chi connectivity index (χ3v) is 3.62. The summed E-state index contributed by atoms with van der Waals surface area (Å²) in [5.74, 6) is -0.662. The van der Waals surface area contributed by atoms with E-state index in [0.717, 1.165) is 12.8 Å². The third-order valence-electron chi connectivity index (χ3n) is 3.31. The first-order valence-electron chi connectivity index (χ1n) is 6.94. The van der Waals surface area contributed by atoms with E-state index < -0.39 is 12.0 Å². The van der Waals surface area contributed by atoms with Crippen LogP contribution in [0.3, 0.4) is 0 Å². The van der Waals surface area contributed by atoms with E-state index >= 15 is 0 Å². The molecule has 1 aromatic rings. The number of urea groups is 1. The summed E-state index contributed by atoms with van der Waals surface area (Å²) in [6.07, 6.45) is 1.91. The second-order valence-corrected chi connectivity index (χ2v) is 5.62. The molecule has 0 heterocycles. The molecule has 0 aliphatic rings. The molecule has 0 saturated carbocycles. The predicted octanol–water partition coefficient (Wildman–Crippen LogP) is 3.98. The maximum atomic E-state index is 11.9. The zero-order valence-electron chi connectivity index (χ0n) is 12.4. The van der Waals surface area contributed by atoms with Gasteiger partial charge in [0.15, 0.2) is 0 Å². The smallest absolute Gasteiger partial charge is 0.339 e. The standard InChI is InChI=1S/C15H21ClN2O3/c1-4-9(2)8-10(3)17-15(21)18-12-7-5-6-11(16)13(12)14(19)20/h5-7,9-10H,4,8H2,1-3H3,(H,19,20)(H2,17,18,21). The Bertz CT molecular complexity index is 520. The SMILES string of the molecule is CCC(C)CC(C)NC(=O)Nc1cccc(Cl)c1C(=O)O. The fraction of sp³-hybridized carbons (Fsp3) is 0.467. The molecule has 6 heteroatoms. The van der Waals surface area contributed by atoms with Gasteiger partial charge < -0.3 is 15.7 Å². The van der Waals surface area contributed by atoms with Crippen LogP contribution in [-0.4, -0.2) is 23.1 Å². The number of benzene rings is 1. The lowest BCUT2D eigenvalue weighted by molar-refractivity contribution is 0.0698. The van der Waals surface area contributed by atoms with Crippen molar-refractivity contribution in [2.24, 2.45) is 5.92 Å². The summed E-state index contributed by atoms with van der Waals surface area (Å²) in [5, 5.41) is 14.6. The van der Waals surface area contributed by atoms with E-state index in [0.29, 0.717) is 5.92 Å². The molecule has 0 bridgehead atoms. The molecule has 0 aliphatic heterocycles. The molecule has 0 aliphatic carbocycles. The molecular formula is C15H21ClN2O3. The molecule has 1 aromatic carbocycles. The van der Waals surface area contributed by atoms with Gasteiger partial charge in [-0.15, -0.1) is 0 Å². The van der Waals surface area contributed by atoms with Gasteiger partial charge in [0.1, 0.15) is 5.56 Å². The summed E-state index contributed by atoms with van der Waals surface area (Å²) in [7, 11) is 0. The number of hydrogen-bond donors (Lipinski definition) is 3. The number of hydrogen-bond acceptors (Lipinski definition) is 2. The van der Waals surface area contributed by atoms with Gasteiger partial charge in [0.2, 0.25) is 0 Å². The Labute approximate surface area is 129 Å². The van der Waals surface area contributed by atoms with Crippen molar-refractivity contribution >= 4 is 29.3 Å². The first-order chi connectivity index (χ1) is 9.85. The molecular weight excluding hydrogens is 292 g/mol. The Morgan fingerprint density at radius 3 is 2.57 bits per heavy atom. The lowest BCUT2D eigenvalue weighted by Crippen LogP contribution is -2.37. The Hall–Kier alpha value is -1.75. The average Bonchev–Trinajstić information content (AvgIpc) is 2.37. The normalized spacial score (nSPS) is 13.3. The number of amides is 2. The van der Waals surface area contributed by atoms with Crippen LogP contribution in [0.15, 0.2) is 18.2 Å². The second kappa shape index (κ2) is 7.88. The van der Waals surface area contributed by atoms with Crippen molar-refractivity contribution in [2.45, 2.75) is 39.7 Å². The molecule has 2 unspecified atom stereocenters. The molecule has 21 heavy (non-hydrogen) atoms. The minimum Gasteiger partial charge on any atom is -0.478 e. The molecule has 2 atom stereocenters. The molecule has 1 rings (SSSR count). The van der Waals surface area contributed by atoms with Crippen molar-refractivity contribution in [1.29, 1.82) is 0 Å². The number of carbonyl (C=O) groups is 2. The van der Waals surface area contributed by atoms with Gasteiger partial charge in [0, 0.05) is 6.04 Å². The highest BCUT2D eigenvalue weighted by atomic mass is 35.5. The van der Waals surface area contributed by atoms with Gasteiger partial charge in [-0.1, -0.05) is 37.9 Å². The highest BCUT2D eigenvalue weighted by molar-refractivity contribution is 6.34. The van der Waals surface area contributed by atoms with Crippen molar-refractivity contribution in [3.05, 3.63) is 28.8 Å². The quantitative estimate of drug-likeness (QED) is 0.743. The van der Waals surface area contributed by atoms with Gasteiger partial charge in [-0.3, -0.25) is 0 Å². The number of carbonyl (C=O) groups excluding carboxylic acids is 1. The van der Waals surface area contributed by atoms with E-state index in [1.54, 1.807) is 6.07 Å². The van der Waals surface area contributed by atoms with Crippen LogP contribution >= 0.6 is 11.6 Å². The first-order valence-corrected chi connectivity index (χ1v) is 7.32. The summed E-state index contributed by atoms with van der Waals surface area (Å²) in [4.78, 5) is 23.1. The van der Waals surface area contributed by atoms with E-state index in [-0.39, 0.29) is 22.3 Å². The minimum absolute atomic E-state index is 0.00686. The number of anilines is 1. The fourth-order valence-corrected chi connectivity index (χ4v) is 2.31. The van der Waals surface area contributed by atoms with E-state index in [1.807, 2.05) is 6.92 Å². The van der Waals surface area contributed by atoms with Gasteiger partial charge in [-0.2, -0.15) is 0 Å². The molecule has 0 spiro atoms. The zero-order valence-corrected chi connectivity index (χ0v) is 13.2. The number of halogens is 1. The molecule has 0 fully saturated rings. The van der Waals surface area contributed by atoms with Crippen LogP contribution in [0.25, 0.3) is 0 Å². The molecule has 2 amide bonds. The average molecular weight is 313 g/mol. The lowest BCUT2D eigenvalue weighted by Gasteiger charge is -2.18. The number of carboxylic acids is 1. The number of nitrogens with one attached hydrogen (secondary N) is 2. The monoisotopic (exact) mass is 312 g/mol. The van der Waals surface area contributed by atoms with Crippen LogP contribution in [0.4, 0.5) is 10.5 Å². The van der Waals surface area contributed by atoms with Crippen LogP contribution in [0, 0.1) is 5.92 Å². The Kier molecular flexibility index (Phi) is 6.49. The largest absolute Gasteiger partial charge is 0.478 e. The molecule has 0 radical (unpaired) electrons. The number of aromatic carboxylic acids is 1. The summed E-state index contributed by atoms with van der Waals surface area (Å²) >= 11 is 5.85.